The second-order valence-corrected chi connectivity index (χ2v) is 3.76. The van der Waals surface area contributed by atoms with Gasteiger partial charge in [-0.3, -0.25) is 4.79 Å². The summed E-state index contributed by atoms with van der Waals surface area (Å²) in [6, 6.07) is 0.446. The van der Waals surface area contributed by atoms with Crippen LogP contribution in [0.2, 0.25) is 0 Å². The fourth-order valence-electron chi connectivity index (χ4n) is 1.55. The molecule has 0 atom stereocenters. The van der Waals surface area contributed by atoms with E-state index in [4.69, 9.17) is 5.73 Å². The van der Waals surface area contributed by atoms with Gasteiger partial charge in [0.05, 0.1) is 6.54 Å². The summed E-state index contributed by atoms with van der Waals surface area (Å²) in [5.74, 6) is 0.101. The normalized spacial score (nSPS) is 14.6. The fourth-order valence-corrected chi connectivity index (χ4v) is 1.55. The Balaban J connectivity index is 2.07. The van der Waals surface area contributed by atoms with E-state index in [0.29, 0.717) is 12.6 Å². The summed E-state index contributed by atoms with van der Waals surface area (Å²) in [7, 11) is 0. The Morgan fingerprint density at radius 2 is 2.19 bits per heavy atom. The van der Waals surface area contributed by atoms with Crippen LogP contribution in [0, 0.1) is 0 Å². The van der Waals surface area contributed by atoms with Gasteiger partial charge >= 0.3 is 6.09 Å². The van der Waals surface area contributed by atoms with Gasteiger partial charge in [0.1, 0.15) is 6.61 Å². The summed E-state index contributed by atoms with van der Waals surface area (Å²) in [6.45, 7) is 3.65. The first-order valence-corrected chi connectivity index (χ1v) is 5.57. The van der Waals surface area contributed by atoms with E-state index in [1.165, 1.54) is 0 Å². The molecule has 92 valence electrons. The zero-order chi connectivity index (χ0) is 12.0. The van der Waals surface area contributed by atoms with Crippen molar-refractivity contribution >= 4 is 12.0 Å². The zero-order valence-electron chi connectivity index (χ0n) is 9.57. The minimum absolute atomic E-state index is 0.101. The van der Waals surface area contributed by atoms with Gasteiger partial charge in [-0.1, -0.05) is 0 Å². The number of nitrogens with two attached hydrogens (primary N) is 1. The maximum absolute atomic E-state index is 11.7. The molecule has 1 aliphatic rings. The Labute approximate surface area is 95.1 Å². The summed E-state index contributed by atoms with van der Waals surface area (Å²) in [5, 5.41) is 2.91. The van der Waals surface area contributed by atoms with Crippen LogP contribution in [-0.4, -0.2) is 49.2 Å². The molecule has 0 heterocycles. The van der Waals surface area contributed by atoms with Crippen LogP contribution in [0.3, 0.4) is 0 Å². The third-order valence-electron chi connectivity index (χ3n) is 2.45. The van der Waals surface area contributed by atoms with E-state index in [1.54, 1.807) is 0 Å². The fraction of sp³-hybridized carbons (Fsp3) is 0.800. The molecule has 1 saturated carbocycles. The topological polar surface area (TPSA) is 84.7 Å². The van der Waals surface area contributed by atoms with E-state index in [0.717, 1.165) is 19.4 Å². The molecule has 1 aliphatic carbocycles. The van der Waals surface area contributed by atoms with E-state index < -0.39 is 6.09 Å². The van der Waals surface area contributed by atoms with Crippen LogP contribution < -0.4 is 11.1 Å². The Hall–Kier alpha value is -1.30. The van der Waals surface area contributed by atoms with Crippen LogP contribution >= 0.6 is 0 Å². The standard InChI is InChI=1S/C10H19N3O3/c1-2-13(8-3-4-8)9(14)7-12-5-6-16-10(11)15/h8,12H,2-7H2,1H3,(H2,11,15). The molecule has 0 saturated heterocycles. The van der Waals surface area contributed by atoms with Crippen molar-refractivity contribution in [1.29, 1.82) is 0 Å². The van der Waals surface area contributed by atoms with Crippen molar-refractivity contribution in [2.45, 2.75) is 25.8 Å². The molecule has 0 spiro atoms. The lowest BCUT2D eigenvalue weighted by atomic mass is 10.4. The highest BCUT2D eigenvalue weighted by Crippen LogP contribution is 2.26. The second kappa shape index (κ2) is 6.32. The number of nitrogens with one attached hydrogen (secondary N) is 1. The van der Waals surface area contributed by atoms with Gasteiger partial charge < -0.3 is 20.7 Å². The lowest BCUT2D eigenvalue weighted by Gasteiger charge is -2.20. The molecule has 3 N–H and O–H groups in total. The highest BCUT2D eigenvalue weighted by molar-refractivity contribution is 5.78. The van der Waals surface area contributed by atoms with Crippen molar-refractivity contribution in [3.63, 3.8) is 0 Å². The zero-order valence-corrected chi connectivity index (χ0v) is 9.57. The van der Waals surface area contributed by atoms with Crippen molar-refractivity contribution in [1.82, 2.24) is 10.2 Å². The van der Waals surface area contributed by atoms with Gasteiger partial charge in [0, 0.05) is 19.1 Å². The smallest absolute Gasteiger partial charge is 0.404 e. The Morgan fingerprint density at radius 3 is 2.69 bits per heavy atom. The highest BCUT2D eigenvalue weighted by atomic mass is 16.5. The molecule has 0 radical (unpaired) electrons. The van der Waals surface area contributed by atoms with E-state index in [-0.39, 0.29) is 19.1 Å². The average molecular weight is 229 g/mol. The number of ether oxygens (including phenoxy) is 1. The minimum Gasteiger partial charge on any atom is -0.448 e. The monoisotopic (exact) mass is 229 g/mol. The van der Waals surface area contributed by atoms with Crippen LogP contribution in [0.5, 0.6) is 0 Å². The average Bonchev–Trinajstić information content (AvgIpc) is 3.02. The first-order valence-electron chi connectivity index (χ1n) is 5.57. The largest absolute Gasteiger partial charge is 0.448 e. The van der Waals surface area contributed by atoms with Crippen molar-refractivity contribution in [2.24, 2.45) is 5.73 Å². The van der Waals surface area contributed by atoms with Gasteiger partial charge in [-0.05, 0) is 19.8 Å². The maximum Gasteiger partial charge on any atom is 0.404 e. The lowest BCUT2D eigenvalue weighted by molar-refractivity contribution is -0.130. The Bertz CT molecular complexity index is 254. The molecule has 0 aromatic carbocycles. The minimum atomic E-state index is -0.790. The van der Waals surface area contributed by atoms with Gasteiger partial charge in [0.25, 0.3) is 0 Å². The molecule has 0 aliphatic heterocycles. The first-order chi connectivity index (χ1) is 7.65. The molecule has 0 bridgehead atoms. The Morgan fingerprint density at radius 1 is 1.50 bits per heavy atom. The second-order valence-electron chi connectivity index (χ2n) is 3.76. The van der Waals surface area contributed by atoms with Crippen molar-refractivity contribution < 1.29 is 14.3 Å². The third-order valence-corrected chi connectivity index (χ3v) is 2.45. The summed E-state index contributed by atoms with van der Waals surface area (Å²) in [5.41, 5.74) is 4.79. The molecule has 0 aromatic rings. The van der Waals surface area contributed by atoms with Crippen LogP contribution in [-0.2, 0) is 9.53 Å². The number of carbonyl (C=O) groups excluding carboxylic acids is 2. The van der Waals surface area contributed by atoms with Crippen molar-refractivity contribution in [2.75, 3.05) is 26.2 Å². The maximum atomic E-state index is 11.7. The number of amides is 2. The van der Waals surface area contributed by atoms with Crippen LogP contribution in [0.1, 0.15) is 19.8 Å². The molecule has 6 nitrogen and oxygen atoms in total. The number of hydrogen-bond donors (Lipinski definition) is 2. The number of nitrogens with zero attached hydrogens (tertiary/aromatic N) is 1. The molecular formula is C10H19N3O3. The predicted octanol–water partition coefficient (Wildman–Crippen LogP) is -0.318. The van der Waals surface area contributed by atoms with Crippen LogP contribution in [0.25, 0.3) is 0 Å². The SMILES string of the molecule is CCN(C(=O)CNCCOC(N)=O)C1CC1. The number of likely N-dealkylation sites (N-methyl/N-ethyl adjacent to an activating group) is 1. The number of primary amides is 1. The van der Waals surface area contributed by atoms with Crippen LogP contribution in [0.4, 0.5) is 4.79 Å². The summed E-state index contributed by atoms with van der Waals surface area (Å²) in [4.78, 5) is 23.8. The van der Waals surface area contributed by atoms with Gasteiger partial charge in [-0.15, -0.1) is 0 Å². The summed E-state index contributed by atoms with van der Waals surface area (Å²) >= 11 is 0. The molecule has 16 heavy (non-hydrogen) atoms. The van der Waals surface area contributed by atoms with E-state index >= 15 is 0 Å². The molecular weight excluding hydrogens is 210 g/mol. The predicted molar refractivity (Wildman–Crippen MR) is 58.8 cm³/mol. The first kappa shape index (κ1) is 12.8. The summed E-state index contributed by atoms with van der Waals surface area (Å²) < 4.78 is 4.52. The number of carbonyl (C=O) groups is 2. The number of rotatable bonds is 7. The summed E-state index contributed by atoms with van der Waals surface area (Å²) in [6.07, 6.45) is 1.44. The van der Waals surface area contributed by atoms with E-state index in [2.05, 4.69) is 10.1 Å². The van der Waals surface area contributed by atoms with Gasteiger partial charge in [0.2, 0.25) is 5.91 Å². The van der Waals surface area contributed by atoms with Crippen molar-refractivity contribution in [3.05, 3.63) is 0 Å². The van der Waals surface area contributed by atoms with Gasteiger partial charge in [-0.2, -0.15) is 0 Å². The third kappa shape index (κ3) is 4.48. The lowest BCUT2D eigenvalue weighted by Crippen LogP contribution is -2.40. The molecule has 6 heteroatoms. The highest BCUT2D eigenvalue weighted by Gasteiger charge is 2.30. The van der Waals surface area contributed by atoms with E-state index in [1.807, 2.05) is 11.8 Å². The quantitative estimate of drug-likeness (QED) is 0.586. The number of hydrogen-bond acceptors (Lipinski definition) is 4. The Kier molecular flexibility index (Phi) is 5.04. The molecule has 0 aromatic heterocycles. The molecule has 1 rings (SSSR count). The van der Waals surface area contributed by atoms with Gasteiger partial charge in [-0.25, -0.2) is 4.79 Å². The molecule has 1 fully saturated rings. The van der Waals surface area contributed by atoms with Gasteiger partial charge in [0.15, 0.2) is 0 Å². The van der Waals surface area contributed by atoms with E-state index in [9.17, 15) is 9.59 Å². The molecule has 2 amide bonds. The molecule has 0 unspecified atom stereocenters. The van der Waals surface area contributed by atoms with Crippen LogP contribution in [0.15, 0.2) is 0 Å². The van der Waals surface area contributed by atoms with Crippen molar-refractivity contribution in [3.8, 4) is 0 Å².